The molecule has 4 nitrogen and oxygen atoms in total. The first-order chi connectivity index (χ1) is 10.2. The fraction of sp³-hybridized carbons (Fsp3) is 0.353. The number of hydrogen-bond donors (Lipinski definition) is 1. The van der Waals surface area contributed by atoms with E-state index >= 15 is 0 Å². The van der Waals surface area contributed by atoms with Crippen molar-refractivity contribution in [3.05, 3.63) is 47.3 Å². The van der Waals surface area contributed by atoms with Crippen LogP contribution in [-0.4, -0.2) is 27.5 Å². The minimum Gasteiger partial charge on any atom is -0.410 e. The Balaban J connectivity index is 2.37. The number of nitrogens with zero attached hydrogens (tertiary/aromatic N) is 2. The van der Waals surface area contributed by atoms with E-state index in [1.54, 1.807) is 0 Å². The minimum absolute atomic E-state index is 0.773. The maximum absolute atomic E-state index is 5.33. The van der Waals surface area contributed by atoms with Crippen LogP contribution in [-0.2, 0) is 0 Å². The molecule has 2 rings (SSSR count). The van der Waals surface area contributed by atoms with Crippen LogP contribution < -0.4 is 9.88 Å². The number of rotatable bonds is 5. The Morgan fingerprint density at radius 2 is 1.82 bits per heavy atom. The third kappa shape index (κ3) is 4.49. The number of nitrogens with one attached hydrogen (secondary N) is 1. The van der Waals surface area contributed by atoms with Gasteiger partial charge in [0.05, 0.1) is 5.69 Å². The first-order valence-corrected chi connectivity index (χ1v) is 11.0. The SMILES string of the molecule is Cc1cc(/C=C(/N[Si](C)(C)C)c2ccc(N(C)C)cc2)on1. The van der Waals surface area contributed by atoms with Crippen LogP contribution in [0.1, 0.15) is 17.0 Å². The molecule has 0 aliphatic heterocycles. The molecule has 5 heteroatoms. The van der Waals surface area contributed by atoms with Crippen LogP contribution in [0, 0.1) is 6.92 Å². The highest BCUT2D eigenvalue weighted by atomic mass is 28.3. The maximum atomic E-state index is 5.33. The summed E-state index contributed by atoms with van der Waals surface area (Å²) in [5, 5.41) is 3.95. The molecule has 0 fully saturated rings. The van der Waals surface area contributed by atoms with Gasteiger partial charge in [-0.25, -0.2) is 0 Å². The van der Waals surface area contributed by atoms with Crippen LogP contribution in [0.5, 0.6) is 0 Å². The van der Waals surface area contributed by atoms with Gasteiger partial charge >= 0.3 is 0 Å². The molecule has 1 N–H and O–H groups in total. The van der Waals surface area contributed by atoms with Crippen molar-refractivity contribution in [2.45, 2.75) is 26.6 Å². The predicted molar refractivity (Wildman–Crippen MR) is 96.4 cm³/mol. The second-order valence-electron chi connectivity index (χ2n) is 6.74. The summed E-state index contributed by atoms with van der Waals surface area (Å²) >= 11 is 0. The van der Waals surface area contributed by atoms with E-state index in [9.17, 15) is 0 Å². The Hall–Kier alpha value is -2.01. The second kappa shape index (κ2) is 6.40. The molecule has 0 amide bonds. The molecule has 0 atom stereocenters. The Bertz CT molecular complexity index is 651. The van der Waals surface area contributed by atoms with Gasteiger partial charge in [-0.3, -0.25) is 0 Å². The summed E-state index contributed by atoms with van der Waals surface area (Å²) in [5.74, 6) is 0.773. The van der Waals surface area contributed by atoms with Gasteiger partial charge in [-0.1, -0.05) is 36.9 Å². The number of aryl methyl sites for hydroxylation is 1. The molecule has 118 valence electrons. The van der Waals surface area contributed by atoms with Crippen molar-refractivity contribution in [2.24, 2.45) is 0 Å². The maximum Gasteiger partial charge on any atom is 0.161 e. The average molecular weight is 315 g/mol. The summed E-state index contributed by atoms with van der Waals surface area (Å²) in [6, 6.07) is 10.5. The molecule has 0 bridgehead atoms. The van der Waals surface area contributed by atoms with Crippen LogP contribution in [0.2, 0.25) is 19.6 Å². The van der Waals surface area contributed by atoms with Gasteiger partial charge in [-0.15, -0.1) is 0 Å². The van der Waals surface area contributed by atoms with Crippen molar-refractivity contribution in [2.75, 3.05) is 19.0 Å². The fourth-order valence-corrected chi connectivity index (χ4v) is 3.15. The molecule has 0 aliphatic carbocycles. The van der Waals surface area contributed by atoms with Crippen molar-refractivity contribution in [1.29, 1.82) is 0 Å². The van der Waals surface area contributed by atoms with Crippen LogP contribution in [0.25, 0.3) is 11.8 Å². The summed E-state index contributed by atoms with van der Waals surface area (Å²) in [6.07, 6.45) is 2.03. The monoisotopic (exact) mass is 315 g/mol. The summed E-state index contributed by atoms with van der Waals surface area (Å²) in [5.41, 5.74) is 4.32. The van der Waals surface area contributed by atoms with E-state index in [4.69, 9.17) is 4.52 Å². The molecule has 1 aromatic carbocycles. The summed E-state index contributed by atoms with van der Waals surface area (Å²) in [6.45, 7) is 8.76. The molecule has 0 radical (unpaired) electrons. The van der Waals surface area contributed by atoms with Gasteiger partial charge in [0.1, 0.15) is 8.24 Å². The lowest BCUT2D eigenvalue weighted by Gasteiger charge is -2.23. The molecule has 1 aromatic heterocycles. The highest BCUT2D eigenvalue weighted by Gasteiger charge is 2.16. The first-order valence-electron chi connectivity index (χ1n) is 7.45. The minimum atomic E-state index is -1.48. The Kier molecular flexibility index (Phi) is 4.76. The lowest BCUT2D eigenvalue weighted by atomic mass is 10.1. The fourth-order valence-electron chi connectivity index (χ4n) is 2.13. The molecule has 0 aliphatic rings. The lowest BCUT2D eigenvalue weighted by molar-refractivity contribution is 0.408. The molecule has 0 saturated carbocycles. The molecule has 2 aromatic rings. The van der Waals surface area contributed by atoms with Crippen LogP contribution in [0.15, 0.2) is 34.9 Å². The first kappa shape index (κ1) is 16.4. The van der Waals surface area contributed by atoms with E-state index in [0.717, 1.165) is 22.7 Å². The van der Waals surface area contributed by atoms with Gasteiger partial charge in [0.25, 0.3) is 0 Å². The number of aromatic nitrogens is 1. The van der Waals surface area contributed by atoms with Gasteiger partial charge in [0.15, 0.2) is 5.76 Å². The number of hydrogen-bond acceptors (Lipinski definition) is 4. The molecule has 0 saturated heterocycles. The van der Waals surface area contributed by atoms with Crippen LogP contribution >= 0.6 is 0 Å². The summed E-state index contributed by atoms with van der Waals surface area (Å²) in [7, 11) is 2.61. The molecule has 0 spiro atoms. The van der Waals surface area contributed by atoms with E-state index in [1.165, 1.54) is 5.69 Å². The van der Waals surface area contributed by atoms with Crippen molar-refractivity contribution in [3.63, 3.8) is 0 Å². The van der Waals surface area contributed by atoms with Crippen molar-refractivity contribution in [1.82, 2.24) is 10.1 Å². The van der Waals surface area contributed by atoms with Gasteiger partial charge in [0, 0.05) is 37.6 Å². The van der Waals surface area contributed by atoms with Gasteiger partial charge < -0.3 is 14.4 Å². The standard InChI is InChI=1S/C17H25N3OSi/c1-13-11-16(21-18-13)12-17(19-22(4,5)6)14-7-9-15(10-8-14)20(2)3/h7-12,19H,1-6H3/b17-12+. The zero-order chi connectivity index (χ0) is 16.3. The Morgan fingerprint density at radius 1 is 1.18 bits per heavy atom. The lowest BCUT2D eigenvalue weighted by Crippen LogP contribution is -2.39. The summed E-state index contributed by atoms with van der Waals surface area (Å²) in [4.78, 5) is 5.77. The van der Waals surface area contributed by atoms with Crippen molar-refractivity contribution in [3.8, 4) is 0 Å². The van der Waals surface area contributed by atoms with E-state index in [0.29, 0.717) is 0 Å². The van der Waals surface area contributed by atoms with Crippen molar-refractivity contribution >= 4 is 25.7 Å². The van der Waals surface area contributed by atoms with E-state index in [2.05, 4.69) is 58.9 Å². The predicted octanol–water partition coefficient (Wildman–Crippen LogP) is 3.97. The molecule has 0 unspecified atom stereocenters. The van der Waals surface area contributed by atoms with Gasteiger partial charge in [0.2, 0.25) is 0 Å². The highest BCUT2D eigenvalue weighted by molar-refractivity contribution is 6.74. The highest BCUT2D eigenvalue weighted by Crippen LogP contribution is 2.21. The van der Waals surface area contributed by atoms with Gasteiger partial charge in [-0.2, -0.15) is 0 Å². The molecule has 22 heavy (non-hydrogen) atoms. The van der Waals surface area contributed by atoms with Crippen molar-refractivity contribution < 1.29 is 4.52 Å². The zero-order valence-electron chi connectivity index (χ0n) is 14.3. The van der Waals surface area contributed by atoms with E-state index in [-0.39, 0.29) is 0 Å². The quantitative estimate of drug-likeness (QED) is 0.848. The van der Waals surface area contributed by atoms with Crippen LogP contribution in [0.3, 0.4) is 0 Å². The van der Waals surface area contributed by atoms with E-state index in [1.807, 2.05) is 33.2 Å². The molecule has 1 heterocycles. The van der Waals surface area contributed by atoms with Gasteiger partial charge in [-0.05, 0) is 24.6 Å². The molecular weight excluding hydrogens is 290 g/mol. The normalized spacial score (nSPS) is 12.4. The molecular formula is C17H25N3OSi. The smallest absolute Gasteiger partial charge is 0.161 e. The second-order valence-corrected chi connectivity index (χ2v) is 11.5. The average Bonchev–Trinajstić information content (AvgIpc) is 2.82. The zero-order valence-corrected chi connectivity index (χ0v) is 15.3. The Labute approximate surface area is 133 Å². The third-order valence-electron chi connectivity index (χ3n) is 3.14. The number of benzene rings is 1. The van der Waals surface area contributed by atoms with E-state index < -0.39 is 8.24 Å². The topological polar surface area (TPSA) is 41.3 Å². The van der Waals surface area contributed by atoms with Crippen LogP contribution in [0.4, 0.5) is 5.69 Å². The number of anilines is 1. The largest absolute Gasteiger partial charge is 0.410 e. The summed E-state index contributed by atoms with van der Waals surface area (Å²) < 4.78 is 5.33. The third-order valence-corrected chi connectivity index (χ3v) is 4.16. The Morgan fingerprint density at radius 3 is 2.27 bits per heavy atom.